The van der Waals surface area contributed by atoms with Crippen LogP contribution in [0.25, 0.3) is 0 Å². The van der Waals surface area contributed by atoms with Gasteiger partial charge in [0.05, 0.1) is 17.3 Å². The van der Waals surface area contributed by atoms with E-state index in [1.165, 1.54) is 11.6 Å². The number of rotatable bonds is 10. The summed E-state index contributed by atoms with van der Waals surface area (Å²) < 4.78 is 51.1. The molecule has 1 heterocycles. The predicted molar refractivity (Wildman–Crippen MR) is 122 cm³/mol. The fraction of sp³-hybridized carbons (Fsp3) is 0.333. The Morgan fingerprint density at radius 3 is 2.41 bits per heavy atom. The average molecular weight is 496 g/mol. The van der Waals surface area contributed by atoms with Gasteiger partial charge in [0.15, 0.2) is 5.69 Å². The first-order valence-corrected chi connectivity index (χ1v) is 11.1. The lowest BCUT2D eigenvalue weighted by Crippen LogP contribution is -2.25. The maximum atomic E-state index is 12.9. The van der Waals surface area contributed by atoms with E-state index in [2.05, 4.69) is 10.4 Å². The Balaban J connectivity index is 1.49. The molecule has 0 unspecified atom stereocenters. The van der Waals surface area contributed by atoms with Crippen LogP contribution in [0.4, 0.5) is 13.2 Å². The fourth-order valence-corrected chi connectivity index (χ4v) is 3.47. The standard InChI is InChI=1S/C24H25ClF3N3O3/c1-3-33-19-8-10-20(11-9-19)34-15-17-6-4-7-18(14-17)23(32)29-12-5-13-31-16(2)21(25)22(30-31)24(26,27)28/h4,6-11,14H,3,5,12-13,15H2,1-2H3,(H,29,32). The Morgan fingerprint density at radius 2 is 1.79 bits per heavy atom. The molecule has 2 aromatic carbocycles. The minimum Gasteiger partial charge on any atom is -0.494 e. The van der Waals surface area contributed by atoms with E-state index in [0.717, 1.165) is 11.3 Å². The average Bonchev–Trinajstić information content (AvgIpc) is 3.10. The number of ether oxygens (including phenoxy) is 2. The minimum absolute atomic E-state index is 0.192. The van der Waals surface area contributed by atoms with Crippen molar-refractivity contribution in [2.75, 3.05) is 13.2 Å². The van der Waals surface area contributed by atoms with Crippen LogP contribution in [0.3, 0.4) is 0 Å². The van der Waals surface area contributed by atoms with Crippen molar-refractivity contribution >= 4 is 17.5 Å². The molecule has 0 radical (unpaired) electrons. The minimum atomic E-state index is -4.61. The van der Waals surface area contributed by atoms with E-state index in [0.29, 0.717) is 24.3 Å². The summed E-state index contributed by atoms with van der Waals surface area (Å²) in [5, 5.41) is 5.92. The van der Waals surface area contributed by atoms with Gasteiger partial charge in [-0.3, -0.25) is 9.48 Å². The maximum absolute atomic E-state index is 12.9. The van der Waals surface area contributed by atoms with E-state index in [-0.39, 0.29) is 31.3 Å². The smallest absolute Gasteiger partial charge is 0.436 e. The van der Waals surface area contributed by atoms with E-state index in [1.54, 1.807) is 18.2 Å². The molecule has 34 heavy (non-hydrogen) atoms. The number of halogens is 4. The number of aryl methyl sites for hydroxylation is 1. The number of nitrogens with one attached hydrogen (secondary N) is 1. The summed E-state index contributed by atoms with van der Waals surface area (Å²) in [6, 6.07) is 14.3. The summed E-state index contributed by atoms with van der Waals surface area (Å²) in [7, 11) is 0. The second-order valence-corrected chi connectivity index (χ2v) is 7.85. The van der Waals surface area contributed by atoms with Crippen LogP contribution in [0.1, 0.15) is 40.7 Å². The first kappa shape index (κ1) is 25.4. The zero-order valence-corrected chi connectivity index (χ0v) is 19.5. The number of amides is 1. The van der Waals surface area contributed by atoms with Gasteiger partial charge < -0.3 is 14.8 Å². The predicted octanol–water partition coefficient (Wildman–Crippen LogP) is 5.66. The van der Waals surface area contributed by atoms with Crippen LogP contribution in [0.5, 0.6) is 11.5 Å². The van der Waals surface area contributed by atoms with Crippen molar-refractivity contribution in [3.8, 4) is 11.5 Å². The van der Waals surface area contributed by atoms with Gasteiger partial charge in [-0.15, -0.1) is 0 Å². The van der Waals surface area contributed by atoms with Crippen LogP contribution in [0, 0.1) is 6.92 Å². The molecular weight excluding hydrogens is 471 g/mol. The SMILES string of the molecule is CCOc1ccc(OCc2cccc(C(=O)NCCCn3nc(C(F)(F)F)c(Cl)c3C)c2)cc1. The van der Waals surface area contributed by atoms with Gasteiger partial charge in [0.25, 0.3) is 5.91 Å². The molecule has 0 aliphatic rings. The van der Waals surface area contributed by atoms with Crippen molar-refractivity contribution in [2.45, 2.75) is 39.6 Å². The van der Waals surface area contributed by atoms with Crippen LogP contribution in [0.15, 0.2) is 48.5 Å². The summed E-state index contributed by atoms with van der Waals surface area (Å²) >= 11 is 5.75. The van der Waals surface area contributed by atoms with Crippen LogP contribution in [-0.2, 0) is 19.3 Å². The van der Waals surface area contributed by atoms with Gasteiger partial charge in [0, 0.05) is 18.7 Å². The van der Waals surface area contributed by atoms with Crippen LogP contribution >= 0.6 is 11.6 Å². The second kappa shape index (κ2) is 11.3. The number of nitrogens with zero attached hydrogens (tertiary/aromatic N) is 2. The van der Waals surface area contributed by atoms with Gasteiger partial charge in [0.1, 0.15) is 18.1 Å². The van der Waals surface area contributed by atoms with E-state index in [4.69, 9.17) is 21.1 Å². The molecule has 3 rings (SSSR count). The quantitative estimate of drug-likeness (QED) is 0.368. The Bertz CT molecular complexity index is 1110. The Hall–Kier alpha value is -3.20. The number of benzene rings is 2. The molecule has 3 aromatic rings. The first-order valence-electron chi connectivity index (χ1n) is 10.7. The van der Waals surface area contributed by atoms with Crippen molar-refractivity contribution in [3.63, 3.8) is 0 Å². The highest BCUT2D eigenvalue weighted by Crippen LogP contribution is 2.35. The lowest BCUT2D eigenvalue weighted by atomic mass is 10.1. The van der Waals surface area contributed by atoms with E-state index in [1.807, 2.05) is 37.3 Å². The van der Waals surface area contributed by atoms with Gasteiger partial charge in [-0.25, -0.2) is 0 Å². The number of carbonyl (C=O) groups is 1. The number of aromatic nitrogens is 2. The molecule has 0 atom stereocenters. The van der Waals surface area contributed by atoms with Gasteiger partial charge in [-0.05, 0) is 62.2 Å². The summed E-state index contributed by atoms with van der Waals surface area (Å²) in [5.74, 6) is 1.16. The first-order chi connectivity index (χ1) is 16.2. The molecule has 6 nitrogen and oxygen atoms in total. The number of hydrogen-bond donors (Lipinski definition) is 1. The molecule has 0 aliphatic carbocycles. The Morgan fingerprint density at radius 1 is 1.12 bits per heavy atom. The van der Waals surface area contributed by atoms with Gasteiger partial charge in [-0.2, -0.15) is 18.3 Å². The summed E-state index contributed by atoms with van der Waals surface area (Å²) in [5.41, 5.74) is 0.425. The van der Waals surface area contributed by atoms with Crippen molar-refractivity contribution in [2.24, 2.45) is 0 Å². The number of hydrogen-bond acceptors (Lipinski definition) is 4. The zero-order valence-electron chi connectivity index (χ0n) is 18.8. The molecular formula is C24H25ClF3N3O3. The van der Waals surface area contributed by atoms with Gasteiger partial charge in [0.2, 0.25) is 0 Å². The number of carbonyl (C=O) groups excluding carboxylic acids is 1. The fourth-order valence-electron chi connectivity index (χ4n) is 3.22. The molecule has 0 fully saturated rings. The van der Waals surface area contributed by atoms with E-state index < -0.39 is 16.9 Å². The van der Waals surface area contributed by atoms with Crippen LogP contribution < -0.4 is 14.8 Å². The monoisotopic (exact) mass is 495 g/mol. The second-order valence-electron chi connectivity index (χ2n) is 7.47. The molecule has 1 aromatic heterocycles. The van der Waals surface area contributed by atoms with Crippen molar-refractivity contribution in [3.05, 3.63) is 76.1 Å². The third-order valence-electron chi connectivity index (χ3n) is 4.96. The maximum Gasteiger partial charge on any atom is 0.436 e. The lowest BCUT2D eigenvalue weighted by Gasteiger charge is -2.10. The molecule has 10 heteroatoms. The highest BCUT2D eigenvalue weighted by Gasteiger charge is 2.38. The molecule has 0 saturated carbocycles. The molecule has 1 N–H and O–H groups in total. The molecule has 0 spiro atoms. The summed E-state index contributed by atoms with van der Waals surface area (Å²) in [6.07, 6.45) is -4.22. The third kappa shape index (κ3) is 6.66. The van der Waals surface area contributed by atoms with Crippen molar-refractivity contribution in [1.82, 2.24) is 15.1 Å². The van der Waals surface area contributed by atoms with Crippen molar-refractivity contribution in [1.29, 1.82) is 0 Å². The summed E-state index contributed by atoms with van der Waals surface area (Å²) in [4.78, 5) is 12.5. The van der Waals surface area contributed by atoms with E-state index in [9.17, 15) is 18.0 Å². The Kier molecular flexibility index (Phi) is 8.44. The highest BCUT2D eigenvalue weighted by molar-refractivity contribution is 6.31. The molecule has 0 aliphatic heterocycles. The van der Waals surface area contributed by atoms with Crippen molar-refractivity contribution < 1.29 is 27.4 Å². The molecule has 1 amide bonds. The Labute approximate surface area is 200 Å². The largest absolute Gasteiger partial charge is 0.494 e. The third-order valence-corrected chi connectivity index (χ3v) is 5.42. The zero-order chi connectivity index (χ0) is 24.7. The lowest BCUT2D eigenvalue weighted by molar-refractivity contribution is -0.141. The summed E-state index contributed by atoms with van der Waals surface area (Å²) in [6.45, 7) is 4.73. The van der Waals surface area contributed by atoms with Gasteiger partial charge in [-0.1, -0.05) is 23.7 Å². The molecule has 182 valence electrons. The molecule has 0 bridgehead atoms. The molecule has 0 saturated heterocycles. The van der Waals surface area contributed by atoms with Crippen LogP contribution in [-0.4, -0.2) is 28.8 Å². The highest BCUT2D eigenvalue weighted by atomic mass is 35.5. The van der Waals surface area contributed by atoms with Crippen LogP contribution in [0.2, 0.25) is 5.02 Å². The van der Waals surface area contributed by atoms with E-state index >= 15 is 0 Å². The normalized spacial score (nSPS) is 11.4. The number of alkyl halides is 3. The topological polar surface area (TPSA) is 65.4 Å². The van der Waals surface area contributed by atoms with Gasteiger partial charge >= 0.3 is 6.18 Å².